The van der Waals surface area contributed by atoms with Crippen LogP contribution in [0.5, 0.6) is 0 Å². The minimum atomic E-state index is -0.0487. The van der Waals surface area contributed by atoms with Crippen molar-refractivity contribution in [3.63, 3.8) is 0 Å². The fourth-order valence-electron chi connectivity index (χ4n) is 3.09. The fraction of sp³-hybridized carbons (Fsp3) is 0.300. The molecule has 0 radical (unpaired) electrons. The van der Waals surface area contributed by atoms with E-state index in [9.17, 15) is 4.79 Å². The standard InChI is InChI=1S/C20H21N3O3/c1-15-4-6-16(7-5-15)18-13-21-19(26-18)14-22-8-10-23(11-9-22)20(24)17-3-2-12-25-17/h2-7,12-13H,8-11,14H2,1H3. The molecular formula is C20H21N3O3. The molecule has 0 unspecified atom stereocenters. The number of benzene rings is 1. The summed E-state index contributed by atoms with van der Waals surface area (Å²) in [5, 5.41) is 0. The zero-order chi connectivity index (χ0) is 17.9. The Bertz CT molecular complexity index is 860. The van der Waals surface area contributed by atoms with Gasteiger partial charge >= 0.3 is 0 Å². The van der Waals surface area contributed by atoms with E-state index in [1.807, 2.05) is 17.0 Å². The molecule has 4 rings (SSSR count). The average molecular weight is 351 g/mol. The van der Waals surface area contributed by atoms with Crippen LogP contribution < -0.4 is 0 Å². The number of hydrogen-bond donors (Lipinski definition) is 0. The van der Waals surface area contributed by atoms with Gasteiger partial charge in [0.1, 0.15) is 0 Å². The minimum Gasteiger partial charge on any atom is -0.459 e. The van der Waals surface area contributed by atoms with Gasteiger partial charge in [0.05, 0.1) is 19.0 Å². The molecule has 0 saturated carbocycles. The lowest BCUT2D eigenvalue weighted by Crippen LogP contribution is -2.48. The number of amides is 1. The van der Waals surface area contributed by atoms with E-state index in [2.05, 4.69) is 28.9 Å². The van der Waals surface area contributed by atoms with Gasteiger partial charge in [-0.25, -0.2) is 4.98 Å². The van der Waals surface area contributed by atoms with Gasteiger partial charge in [-0.2, -0.15) is 0 Å². The van der Waals surface area contributed by atoms with Gasteiger partial charge in [0.2, 0.25) is 5.89 Å². The van der Waals surface area contributed by atoms with Crippen molar-refractivity contribution in [3.8, 4) is 11.3 Å². The molecular weight excluding hydrogens is 330 g/mol. The number of rotatable bonds is 4. The van der Waals surface area contributed by atoms with Crippen LogP contribution in [0.15, 0.2) is 57.7 Å². The van der Waals surface area contributed by atoms with Crippen LogP contribution in [0.3, 0.4) is 0 Å². The van der Waals surface area contributed by atoms with E-state index < -0.39 is 0 Å². The first-order valence-corrected chi connectivity index (χ1v) is 8.76. The quantitative estimate of drug-likeness (QED) is 0.722. The van der Waals surface area contributed by atoms with Gasteiger partial charge in [-0.3, -0.25) is 9.69 Å². The Hall–Kier alpha value is -2.86. The molecule has 1 aliphatic rings. The number of oxazole rings is 1. The Labute approximate surface area is 152 Å². The molecule has 3 heterocycles. The highest BCUT2D eigenvalue weighted by Crippen LogP contribution is 2.21. The van der Waals surface area contributed by atoms with Crippen molar-refractivity contribution in [2.75, 3.05) is 26.2 Å². The largest absolute Gasteiger partial charge is 0.459 e. The molecule has 0 spiro atoms. The molecule has 1 saturated heterocycles. The SMILES string of the molecule is Cc1ccc(-c2cnc(CN3CCN(C(=O)c4ccco4)CC3)o2)cc1. The first-order chi connectivity index (χ1) is 12.7. The molecule has 6 nitrogen and oxygen atoms in total. The molecule has 1 fully saturated rings. The lowest BCUT2D eigenvalue weighted by Gasteiger charge is -2.33. The number of aromatic nitrogens is 1. The van der Waals surface area contributed by atoms with Crippen molar-refractivity contribution in [2.45, 2.75) is 13.5 Å². The smallest absolute Gasteiger partial charge is 0.289 e. The molecule has 0 atom stereocenters. The van der Waals surface area contributed by atoms with Crippen LogP contribution in [0, 0.1) is 6.92 Å². The van der Waals surface area contributed by atoms with Crippen molar-refractivity contribution in [1.29, 1.82) is 0 Å². The number of carbonyl (C=O) groups excluding carboxylic acids is 1. The van der Waals surface area contributed by atoms with Crippen molar-refractivity contribution in [3.05, 3.63) is 66.1 Å². The van der Waals surface area contributed by atoms with E-state index in [-0.39, 0.29) is 5.91 Å². The predicted molar refractivity (Wildman–Crippen MR) is 96.6 cm³/mol. The second-order valence-corrected chi connectivity index (χ2v) is 6.53. The number of piperazine rings is 1. The Kier molecular flexibility index (Phi) is 4.58. The lowest BCUT2D eigenvalue weighted by molar-refractivity contribution is 0.0588. The molecule has 2 aromatic heterocycles. The highest BCUT2D eigenvalue weighted by Gasteiger charge is 2.24. The van der Waals surface area contributed by atoms with Gasteiger partial charge in [-0.1, -0.05) is 29.8 Å². The maximum Gasteiger partial charge on any atom is 0.289 e. The summed E-state index contributed by atoms with van der Waals surface area (Å²) in [6.45, 7) is 5.63. The molecule has 0 bridgehead atoms. The van der Waals surface area contributed by atoms with Crippen LogP contribution in [0.4, 0.5) is 0 Å². The van der Waals surface area contributed by atoms with Gasteiger partial charge < -0.3 is 13.7 Å². The van der Waals surface area contributed by atoms with E-state index in [1.54, 1.807) is 18.3 Å². The molecule has 134 valence electrons. The van der Waals surface area contributed by atoms with Crippen molar-refractivity contribution < 1.29 is 13.6 Å². The average Bonchev–Trinajstić information content (AvgIpc) is 3.35. The molecule has 0 aliphatic carbocycles. The third-order valence-electron chi connectivity index (χ3n) is 4.64. The Morgan fingerprint density at radius 3 is 2.58 bits per heavy atom. The van der Waals surface area contributed by atoms with Crippen LogP contribution in [0.25, 0.3) is 11.3 Å². The molecule has 6 heteroatoms. The van der Waals surface area contributed by atoms with Crippen molar-refractivity contribution >= 4 is 5.91 Å². The first kappa shape index (κ1) is 16.6. The second-order valence-electron chi connectivity index (χ2n) is 6.53. The third kappa shape index (κ3) is 3.55. The van der Waals surface area contributed by atoms with E-state index in [1.165, 1.54) is 11.8 Å². The zero-order valence-electron chi connectivity index (χ0n) is 14.7. The van der Waals surface area contributed by atoms with Crippen molar-refractivity contribution in [1.82, 2.24) is 14.8 Å². The first-order valence-electron chi connectivity index (χ1n) is 8.76. The summed E-state index contributed by atoms with van der Waals surface area (Å²) in [6.07, 6.45) is 3.30. The maximum absolute atomic E-state index is 12.3. The topological polar surface area (TPSA) is 62.7 Å². The number of furan rings is 1. The second kappa shape index (κ2) is 7.17. The van der Waals surface area contributed by atoms with Gasteiger partial charge in [0.15, 0.2) is 11.5 Å². The molecule has 3 aromatic rings. The fourth-order valence-corrected chi connectivity index (χ4v) is 3.09. The molecule has 0 N–H and O–H groups in total. The monoisotopic (exact) mass is 351 g/mol. The summed E-state index contributed by atoms with van der Waals surface area (Å²) in [5.41, 5.74) is 2.25. The summed E-state index contributed by atoms with van der Waals surface area (Å²) in [6, 6.07) is 11.6. The van der Waals surface area contributed by atoms with Crippen LogP contribution in [-0.2, 0) is 6.54 Å². The molecule has 1 aromatic carbocycles. The number of aryl methyl sites for hydroxylation is 1. The summed E-state index contributed by atoms with van der Waals surface area (Å²) in [4.78, 5) is 20.8. The number of nitrogens with zero attached hydrogens (tertiary/aromatic N) is 3. The number of carbonyl (C=O) groups is 1. The zero-order valence-corrected chi connectivity index (χ0v) is 14.7. The lowest BCUT2D eigenvalue weighted by atomic mass is 10.1. The highest BCUT2D eigenvalue weighted by molar-refractivity contribution is 5.91. The van der Waals surface area contributed by atoms with Crippen molar-refractivity contribution in [2.24, 2.45) is 0 Å². The Balaban J connectivity index is 1.33. The summed E-state index contributed by atoms with van der Waals surface area (Å²) < 4.78 is 11.1. The summed E-state index contributed by atoms with van der Waals surface area (Å²) in [5.74, 6) is 1.83. The van der Waals surface area contributed by atoms with E-state index in [0.29, 0.717) is 31.3 Å². The van der Waals surface area contributed by atoms with Gasteiger partial charge in [-0.15, -0.1) is 0 Å². The Morgan fingerprint density at radius 1 is 1.12 bits per heavy atom. The van der Waals surface area contributed by atoms with Crippen LogP contribution >= 0.6 is 0 Å². The molecule has 1 amide bonds. The third-order valence-corrected chi connectivity index (χ3v) is 4.64. The Morgan fingerprint density at radius 2 is 1.88 bits per heavy atom. The van der Waals surface area contributed by atoms with E-state index >= 15 is 0 Å². The summed E-state index contributed by atoms with van der Waals surface area (Å²) >= 11 is 0. The molecule has 1 aliphatic heterocycles. The van der Waals surface area contributed by atoms with E-state index in [4.69, 9.17) is 8.83 Å². The van der Waals surface area contributed by atoms with Crippen LogP contribution in [0.2, 0.25) is 0 Å². The summed E-state index contributed by atoms with van der Waals surface area (Å²) in [7, 11) is 0. The van der Waals surface area contributed by atoms with E-state index in [0.717, 1.165) is 24.4 Å². The van der Waals surface area contributed by atoms with Gasteiger partial charge in [-0.05, 0) is 19.1 Å². The van der Waals surface area contributed by atoms with Gasteiger partial charge in [0.25, 0.3) is 5.91 Å². The maximum atomic E-state index is 12.3. The molecule has 26 heavy (non-hydrogen) atoms. The number of hydrogen-bond acceptors (Lipinski definition) is 5. The van der Waals surface area contributed by atoms with Crippen LogP contribution in [0.1, 0.15) is 22.0 Å². The van der Waals surface area contributed by atoms with Gasteiger partial charge in [0, 0.05) is 31.7 Å². The normalized spacial score (nSPS) is 15.3. The van der Waals surface area contributed by atoms with Crippen LogP contribution in [-0.4, -0.2) is 46.9 Å². The predicted octanol–water partition coefficient (Wildman–Crippen LogP) is 3.20. The highest BCUT2D eigenvalue weighted by atomic mass is 16.4. The minimum absolute atomic E-state index is 0.0487.